The first-order valence-corrected chi connectivity index (χ1v) is 2.95. The minimum Gasteiger partial charge on any atom is -0.376 e. The largest absolute Gasteiger partial charge is 0.376 e. The van der Waals surface area contributed by atoms with E-state index in [0.29, 0.717) is 13.2 Å². The van der Waals surface area contributed by atoms with Crippen molar-refractivity contribution in [2.24, 2.45) is 5.73 Å². The Hall–Kier alpha value is -0.160. The average molecular weight is 132 g/mol. The summed E-state index contributed by atoms with van der Waals surface area (Å²) in [6.45, 7) is 0.916. The highest BCUT2D eigenvalue weighted by atomic mass is 16.5. The lowest BCUT2D eigenvalue weighted by molar-refractivity contribution is -0.127. The van der Waals surface area contributed by atoms with Gasteiger partial charge in [0, 0.05) is 6.54 Å². The molecule has 0 radical (unpaired) electrons. The van der Waals surface area contributed by atoms with Crippen LogP contribution in [0.1, 0.15) is 0 Å². The SMILES string of the molecule is CN1CC(N)OCC1O. The van der Waals surface area contributed by atoms with Crippen molar-refractivity contribution < 1.29 is 9.84 Å². The van der Waals surface area contributed by atoms with Gasteiger partial charge in [0.1, 0.15) is 12.5 Å². The summed E-state index contributed by atoms with van der Waals surface area (Å²) in [6.07, 6.45) is -0.719. The fourth-order valence-corrected chi connectivity index (χ4v) is 0.795. The van der Waals surface area contributed by atoms with E-state index < -0.39 is 6.23 Å². The molecular weight excluding hydrogens is 120 g/mol. The van der Waals surface area contributed by atoms with E-state index in [-0.39, 0.29) is 6.23 Å². The van der Waals surface area contributed by atoms with Crippen LogP contribution in [0.2, 0.25) is 0 Å². The van der Waals surface area contributed by atoms with E-state index in [0.717, 1.165) is 0 Å². The van der Waals surface area contributed by atoms with Crippen molar-refractivity contribution in [3.05, 3.63) is 0 Å². The van der Waals surface area contributed by atoms with E-state index in [1.54, 1.807) is 4.90 Å². The molecule has 1 aliphatic rings. The monoisotopic (exact) mass is 132 g/mol. The molecule has 4 heteroatoms. The molecule has 1 aliphatic heterocycles. The number of hydrogen-bond donors (Lipinski definition) is 2. The van der Waals surface area contributed by atoms with Crippen molar-refractivity contribution in [2.45, 2.75) is 12.5 Å². The van der Waals surface area contributed by atoms with E-state index in [9.17, 15) is 0 Å². The summed E-state index contributed by atoms with van der Waals surface area (Å²) < 4.78 is 4.95. The maximum absolute atomic E-state index is 9.04. The van der Waals surface area contributed by atoms with Gasteiger partial charge in [-0.2, -0.15) is 0 Å². The Kier molecular flexibility index (Phi) is 2.02. The minimum absolute atomic E-state index is 0.238. The van der Waals surface area contributed by atoms with Crippen molar-refractivity contribution >= 4 is 0 Å². The molecule has 1 rings (SSSR count). The lowest BCUT2D eigenvalue weighted by atomic mass is 10.4. The van der Waals surface area contributed by atoms with Crippen LogP contribution >= 0.6 is 0 Å². The quantitative estimate of drug-likeness (QED) is 0.423. The summed E-state index contributed by atoms with van der Waals surface area (Å²) in [5.41, 5.74) is 5.41. The molecule has 0 amide bonds. The van der Waals surface area contributed by atoms with E-state index >= 15 is 0 Å². The van der Waals surface area contributed by atoms with E-state index in [4.69, 9.17) is 15.6 Å². The molecule has 0 spiro atoms. The molecule has 2 atom stereocenters. The molecule has 0 aromatic carbocycles. The number of aliphatic hydroxyl groups is 1. The van der Waals surface area contributed by atoms with Crippen molar-refractivity contribution in [2.75, 3.05) is 20.2 Å². The van der Waals surface area contributed by atoms with Gasteiger partial charge < -0.3 is 15.6 Å². The smallest absolute Gasteiger partial charge is 0.130 e. The molecule has 3 N–H and O–H groups in total. The number of morpholine rings is 1. The van der Waals surface area contributed by atoms with Crippen LogP contribution in [0, 0.1) is 0 Å². The van der Waals surface area contributed by atoms with Gasteiger partial charge in [0.25, 0.3) is 0 Å². The number of nitrogens with zero attached hydrogens (tertiary/aromatic N) is 1. The molecular formula is C5H12N2O2. The predicted octanol–water partition coefficient (Wildman–Crippen LogP) is -1.45. The molecule has 0 saturated carbocycles. The van der Waals surface area contributed by atoms with Crippen LogP contribution in [0.25, 0.3) is 0 Å². The standard InChI is InChI=1S/C5H12N2O2/c1-7-2-4(6)9-3-5(7)8/h4-5,8H,2-3,6H2,1H3. The highest BCUT2D eigenvalue weighted by Crippen LogP contribution is 2.02. The Morgan fingerprint density at radius 2 is 2.44 bits per heavy atom. The second-order valence-electron chi connectivity index (χ2n) is 2.29. The summed E-state index contributed by atoms with van der Waals surface area (Å²) in [6, 6.07) is 0. The molecule has 1 saturated heterocycles. The minimum atomic E-state index is -0.482. The number of likely N-dealkylation sites (N-methyl/N-ethyl adjacent to an activating group) is 1. The number of rotatable bonds is 0. The Morgan fingerprint density at radius 3 is 2.89 bits per heavy atom. The van der Waals surface area contributed by atoms with Gasteiger partial charge >= 0.3 is 0 Å². The zero-order chi connectivity index (χ0) is 6.85. The lowest BCUT2D eigenvalue weighted by Gasteiger charge is -2.31. The lowest BCUT2D eigenvalue weighted by Crippen LogP contribution is -2.50. The van der Waals surface area contributed by atoms with Crippen LogP contribution in [0.5, 0.6) is 0 Å². The summed E-state index contributed by atoms with van der Waals surface area (Å²) in [5.74, 6) is 0. The van der Waals surface area contributed by atoms with Crippen LogP contribution in [0.15, 0.2) is 0 Å². The maximum Gasteiger partial charge on any atom is 0.130 e. The van der Waals surface area contributed by atoms with E-state index in [1.165, 1.54) is 0 Å². The summed E-state index contributed by atoms with van der Waals surface area (Å²) in [4.78, 5) is 1.76. The Morgan fingerprint density at radius 1 is 1.78 bits per heavy atom. The number of hydrogen-bond acceptors (Lipinski definition) is 4. The molecule has 1 heterocycles. The van der Waals surface area contributed by atoms with Crippen LogP contribution in [-0.4, -0.2) is 42.7 Å². The van der Waals surface area contributed by atoms with Crippen molar-refractivity contribution in [1.29, 1.82) is 0 Å². The summed E-state index contributed by atoms with van der Waals surface area (Å²) in [7, 11) is 1.81. The van der Waals surface area contributed by atoms with Crippen LogP contribution < -0.4 is 5.73 Å². The molecule has 0 aliphatic carbocycles. The topological polar surface area (TPSA) is 58.7 Å². The zero-order valence-corrected chi connectivity index (χ0v) is 5.45. The van der Waals surface area contributed by atoms with Crippen molar-refractivity contribution in [3.8, 4) is 0 Å². The predicted molar refractivity (Wildman–Crippen MR) is 32.6 cm³/mol. The molecule has 4 nitrogen and oxygen atoms in total. The summed E-state index contributed by atoms with van der Waals surface area (Å²) in [5, 5.41) is 9.04. The first-order chi connectivity index (χ1) is 4.20. The number of nitrogens with two attached hydrogens (primary N) is 1. The van der Waals surface area contributed by atoms with Gasteiger partial charge in [-0.15, -0.1) is 0 Å². The molecule has 0 aromatic rings. The molecule has 2 unspecified atom stereocenters. The number of ether oxygens (including phenoxy) is 1. The van der Waals surface area contributed by atoms with Crippen LogP contribution in [0.3, 0.4) is 0 Å². The van der Waals surface area contributed by atoms with Crippen LogP contribution in [0.4, 0.5) is 0 Å². The van der Waals surface area contributed by atoms with Crippen molar-refractivity contribution in [1.82, 2.24) is 4.90 Å². The summed E-state index contributed by atoms with van der Waals surface area (Å²) >= 11 is 0. The maximum atomic E-state index is 9.04. The molecule has 9 heavy (non-hydrogen) atoms. The third-order valence-electron chi connectivity index (χ3n) is 1.44. The zero-order valence-electron chi connectivity index (χ0n) is 5.45. The molecule has 54 valence electrons. The van der Waals surface area contributed by atoms with Gasteiger partial charge in [0.15, 0.2) is 0 Å². The fraction of sp³-hybridized carbons (Fsp3) is 1.00. The molecule has 1 fully saturated rings. The van der Waals surface area contributed by atoms with Crippen molar-refractivity contribution in [3.63, 3.8) is 0 Å². The Labute approximate surface area is 54.2 Å². The third-order valence-corrected chi connectivity index (χ3v) is 1.44. The second kappa shape index (κ2) is 2.62. The average Bonchev–Trinajstić information content (AvgIpc) is 1.80. The van der Waals surface area contributed by atoms with Gasteiger partial charge in [-0.1, -0.05) is 0 Å². The van der Waals surface area contributed by atoms with Gasteiger partial charge in [0.2, 0.25) is 0 Å². The van der Waals surface area contributed by atoms with E-state index in [1.807, 2.05) is 7.05 Å². The number of aliphatic hydroxyl groups excluding tert-OH is 1. The van der Waals surface area contributed by atoms with Gasteiger partial charge in [-0.3, -0.25) is 4.90 Å². The highest BCUT2D eigenvalue weighted by molar-refractivity contribution is 4.65. The first kappa shape index (κ1) is 6.95. The van der Waals surface area contributed by atoms with Gasteiger partial charge in [0.05, 0.1) is 6.61 Å². The normalized spacial score (nSPS) is 39.0. The third kappa shape index (κ3) is 1.62. The Balaban J connectivity index is 2.35. The fourth-order valence-electron chi connectivity index (χ4n) is 0.795. The molecule has 0 bridgehead atoms. The van der Waals surface area contributed by atoms with E-state index in [2.05, 4.69) is 0 Å². The second-order valence-corrected chi connectivity index (χ2v) is 2.29. The highest BCUT2D eigenvalue weighted by Gasteiger charge is 2.20. The first-order valence-electron chi connectivity index (χ1n) is 2.95. The van der Waals surface area contributed by atoms with Crippen LogP contribution in [-0.2, 0) is 4.74 Å². The molecule has 0 aromatic heterocycles. The Bertz CT molecular complexity index is 99.0. The van der Waals surface area contributed by atoms with Gasteiger partial charge in [-0.25, -0.2) is 0 Å². The van der Waals surface area contributed by atoms with Gasteiger partial charge in [-0.05, 0) is 7.05 Å².